The van der Waals surface area contributed by atoms with Gasteiger partial charge in [0, 0.05) is 13.5 Å². The minimum absolute atomic E-state index is 0.0922. The van der Waals surface area contributed by atoms with Crippen LogP contribution in [0.4, 0.5) is 0 Å². The Bertz CT molecular complexity index is 550. The zero-order valence-electron chi connectivity index (χ0n) is 17.3. The second-order valence-corrected chi connectivity index (χ2v) is 6.99. The molecule has 0 aromatic heterocycles. The molecule has 0 heterocycles. The Kier molecular flexibility index (Phi) is 14.4. The van der Waals surface area contributed by atoms with Crippen molar-refractivity contribution in [3.63, 3.8) is 0 Å². The number of ketones is 1. The van der Waals surface area contributed by atoms with Gasteiger partial charge in [-0.15, -0.1) is 0 Å². The summed E-state index contributed by atoms with van der Waals surface area (Å²) >= 11 is 0. The molecule has 4 nitrogen and oxygen atoms in total. The second kappa shape index (κ2) is 15.4. The molecule has 0 aliphatic carbocycles. The Morgan fingerprint density at radius 3 is 2.48 bits per heavy atom. The number of carbonyl (C=O) groups is 1. The molecule has 0 aromatic carbocycles. The van der Waals surface area contributed by atoms with Crippen LogP contribution in [0.3, 0.4) is 0 Å². The molecular formula is C23H36O4. The zero-order chi connectivity index (χ0) is 20.5. The number of carbonyl (C=O) groups excluding carboxylic acids is 1. The molecule has 3 unspecified atom stereocenters. The van der Waals surface area contributed by atoms with Crippen molar-refractivity contribution in [3.8, 4) is 11.8 Å². The standard InChI is InChI=1S/C23H36O4/c1-5-6-12-18-23(3,27-4)19-13-10-8-7-9-11-16-21(25)22(26)17-14-15-20(2)24/h7,9,11,13,16,19,21-22,25-26H,5-6,12,14-15,17-18H2,1-4H3/b9-7+,16-11+,19-13+. The fraction of sp³-hybridized carbons (Fsp3) is 0.609. The topological polar surface area (TPSA) is 66.8 Å². The number of aliphatic hydroxyl groups excluding tert-OH is 2. The van der Waals surface area contributed by atoms with Crippen molar-refractivity contribution in [1.82, 2.24) is 0 Å². The Morgan fingerprint density at radius 2 is 1.85 bits per heavy atom. The number of allylic oxidation sites excluding steroid dienone is 4. The van der Waals surface area contributed by atoms with E-state index in [1.807, 2.05) is 6.08 Å². The normalized spacial score (nSPS) is 16.4. The monoisotopic (exact) mass is 376 g/mol. The van der Waals surface area contributed by atoms with Crippen molar-refractivity contribution in [3.05, 3.63) is 36.5 Å². The van der Waals surface area contributed by atoms with E-state index >= 15 is 0 Å². The highest BCUT2D eigenvalue weighted by molar-refractivity contribution is 5.75. The summed E-state index contributed by atoms with van der Waals surface area (Å²) in [5, 5.41) is 19.6. The lowest BCUT2D eigenvalue weighted by Gasteiger charge is -2.23. The van der Waals surface area contributed by atoms with Crippen molar-refractivity contribution in [2.45, 2.75) is 83.5 Å². The van der Waals surface area contributed by atoms with Gasteiger partial charge >= 0.3 is 0 Å². The average molecular weight is 377 g/mol. The first-order valence-corrected chi connectivity index (χ1v) is 9.77. The first-order valence-electron chi connectivity index (χ1n) is 9.77. The molecule has 0 bridgehead atoms. The summed E-state index contributed by atoms with van der Waals surface area (Å²) < 4.78 is 5.57. The van der Waals surface area contributed by atoms with Gasteiger partial charge in [-0.2, -0.15) is 0 Å². The molecule has 4 heteroatoms. The third-order valence-corrected chi connectivity index (χ3v) is 4.37. The first kappa shape index (κ1) is 25.3. The van der Waals surface area contributed by atoms with Crippen LogP contribution in [-0.4, -0.2) is 40.9 Å². The number of aliphatic hydroxyl groups is 2. The lowest BCUT2D eigenvalue weighted by molar-refractivity contribution is -0.117. The van der Waals surface area contributed by atoms with E-state index in [9.17, 15) is 15.0 Å². The summed E-state index contributed by atoms with van der Waals surface area (Å²) in [5.74, 6) is 5.93. The molecule has 0 saturated carbocycles. The minimum atomic E-state index is -0.944. The summed E-state index contributed by atoms with van der Waals surface area (Å²) in [4.78, 5) is 10.9. The summed E-state index contributed by atoms with van der Waals surface area (Å²) in [5.41, 5.74) is -0.282. The number of ether oxygens (including phenoxy) is 1. The predicted molar refractivity (Wildman–Crippen MR) is 111 cm³/mol. The predicted octanol–water partition coefficient (Wildman–Crippen LogP) is 4.12. The van der Waals surface area contributed by atoms with Gasteiger partial charge in [0.25, 0.3) is 0 Å². The molecule has 152 valence electrons. The van der Waals surface area contributed by atoms with E-state index in [-0.39, 0.29) is 11.4 Å². The fourth-order valence-electron chi connectivity index (χ4n) is 2.43. The van der Waals surface area contributed by atoms with Crippen molar-refractivity contribution in [2.75, 3.05) is 7.11 Å². The molecule has 0 aliphatic heterocycles. The molecule has 2 N–H and O–H groups in total. The molecular weight excluding hydrogens is 340 g/mol. The second-order valence-electron chi connectivity index (χ2n) is 6.99. The number of hydrogen-bond donors (Lipinski definition) is 2. The third kappa shape index (κ3) is 14.1. The van der Waals surface area contributed by atoms with Gasteiger partial charge in [-0.1, -0.05) is 56.3 Å². The Balaban J connectivity index is 4.30. The maximum Gasteiger partial charge on any atom is 0.129 e. The van der Waals surface area contributed by atoms with E-state index in [1.165, 1.54) is 25.8 Å². The van der Waals surface area contributed by atoms with E-state index in [1.54, 1.807) is 31.4 Å². The largest absolute Gasteiger partial charge is 0.390 e. The van der Waals surface area contributed by atoms with Gasteiger partial charge in [0.1, 0.15) is 5.78 Å². The zero-order valence-corrected chi connectivity index (χ0v) is 17.3. The van der Waals surface area contributed by atoms with Crippen LogP contribution in [-0.2, 0) is 9.53 Å². The molecule has 0 fully saturated rings. The van der Waals surface area contributed by atoms with Crippen LogP contribution in [0.25, 0.3) is 0 Å². The summed E-state index contributed by atoms with van der Waals surface area (Å²) in [7, 11) is 1.72. The number of methoxy groups -OCH3 is 1. The summed E-state index contributed by atoms with van der Waals surface area (Å²) in [6.45, 7) is 5.76. The van der Waals surface area contributed by atoms with Crippen LogP contribution in [0.2, 0.25) is 0 Å². The van der Waals surface area contributed by atoms with Gasteiger partial charge < -0.3 is 19.7 Å². The van der Waals surface area contributed by atoms with Gasteiger partial charge in [-0.05, 0) is 51.3 Å². The molecule has 0 rings (SSSR count). The van der Waals surface area contributed by atoms with Gasteiger partial charge in [0.2, 0.25) is 0 Å². The van der Waals surface area contributed by atoms with Crippen molar-refractivity contribution in [1.29, 1.82) is 0 Å². The van der Waals surface area contributed by atoms with Crippen LogP contribution in [0, 0.1) is 11.8 Å². The van der Waals surface area contributed by atoms with E-state index in [0.717, 1.165) is 12.8 Å². The highest BCUT2D eigenvalue weighted by Crippen LogP contribution is 2.20. The van der Waals surface area contributed by atoms with E-state index < -0.39 is 12.2 Å². The summed E-state index contributed by atoms with van der Waals surface area (Å²) in [6, 6.07) is 0. The molecule has 0 saturated heterocycles. The van der Waals surface area contributed by atoms with Gasteiger partial charge in [0.05, 0.1) is 17.8 Å². The van der Waals surface area contributed by atoms with Gasteiger partial charge in [-0.3, -0.25) is 0 Å². The van der Waals surface area contributed by atoms with Crippen LogP contribution in [0.1, 0.15) is 65.7 Å². The lowest BCUT2D eigenvalue weighted by atomic mass is 9.97. The quantitative estimate of drug-likeness (QED) is 0.288. The van der Waals surface area contributed by atoms with Gasteiger partial charge in [-0.25, -0.2) is 0 Å². The van der Waals surface area contributed by atoms with Crippen molar-refractivity contribution in [2.24, 2.45) is 0 Å². The number of Topliss-reactive ketones (excluding diaryl/α,β-unsaturated/α-hetero) is 1. The average Bonchev–Trinajstić information content (AvgIpc) is 2.63. The number of unbranched alkanes of at least 4 members (excludes halogenated alkanes) is 2. The Hall–Kier alpha value is -1.67. The Morgan fingerprint density at radius 1 is 1.15 bits per heavy atom. The molecule has 0 radical (unpaired) electrons. The molecule has 0 spiro atoms. The summed E-state index contributed by atoms with van der Waals surface area (Å²) in [6.07, 6.45) is 14.4. The maximum atomic E-state index is 10.9. The van der Waals surface area contributed by atoms with Crippen molar-refractivity contribution >= 4 is 5.78 Å². The lowest BCUT2D eigenvalue weighted by Crippen LogP contribution is -2.23. The third-order valence-electron chi connectivity index (χ3n) is 4.37. The SMILES string of the molecule is CCCCCC(C)(/C=C/C#C/C=C/C=C/C(O)C(O)CCCC(C)=O)OC. The molecule has 0 aromatic rings. The molecule has 0 amide bonds. The molecule has 27 heavy (non-hydrogen) atoms. The molecule has 3 atom stereocenters. The Labute approximate surface area is 165 Å². The van der Waals surface area contributed by atoms with E-state index in [2.05, 4.69) is 25.7 Å². The first-order chi connectivity index (χ1) is 12.8. The number of hydrogen-bond acceptors (Lipinski definition) is 4. The maximum absolute atomic E-state index is 10.9. The smallest absolute Gasteiger partial charge is 0.129 e. The van der Waals surface area contributed by atoms with Gasteiger partial charge in [0.15, 0.2) is 0 Å². The van der Waals surface area contributed by atoms with E-state index in [4.69, 9.17) is 4.74 Å². The molecule has 0 aliphatic rings. The van der Waals surface area contributed by atoms with E-state index in [0.29, 0.717) is 19.3 Å². The van der Waals surface area contributed by atoms with Crippen molar-refractivity contribution < 1.29 is 19.7 Å². The van der Waals surface area contributed by atoms with Crippen LogP contribution in [0.15, 0.2) is 36.5 Å². The number of rotatable bonds is 13. The highest BCUT2D eigenvalue weighted by Gasteiger charge is 2.18. The fourth-order valence-corrected chi connectivity index (χ4v) is 2.43. The van der Waals surface area contributed by atoms with Crippen LogP contribution in [0.5, 0.6) is 0 Å². The van der Waals surface area contributed by atoms with Crippen LogP contribution >= 0.6 is 0 Å². The van der Waals surface area contributed by atoms with Crippen LogP contribution < -0.4 is 0 Å². The minimum Gasteiger partial charge on any atom is -0.390 e. The highest BCUT2D eigenvalue weighted by atomic mass is 16.5.